The van der Waals surface area contributed by atoms with Crippen LogP contribution in [0.3, 0.4) is 0 Å². The zero-order valence-corrected chi connectivity index (χ0v) is 10.8. The molecule has 96 valence electrons. The van der Waals surface area contributed by atoms with Gasteiger partial charge in [0.05, 0.1) is 0 Å². The Morgan fingerprint density at radius 1 is 1.47 bits per heavy atom. The SMILES string of the molecule is CC(C)(C)c1cc(C(=O)NCCCCN)n[nH]1. The molecule has 0 saturated carbocycles. The van der Waals surface area contributed by atoms with Crippen molar-refractivity contribution in [3.05, 3.63) is 17.5 Å². The Labute approximate surface area is 102 Å². The molecule has 1 aromatic rings. The van der Waals surface area contributed by atoms with Crippen molar-refractivity contribution in [2.75, 3.05) is 13.1 Å². The van der Waals surface area contributed by atoms with Crippen LogP contribution in [0.2, 0.25) is 0 Å². The molecule has 0 bridgehead atoms. The molecule has 5 nitrogen and oxygen atoms in total. The molecular weight excluding hydrogens is 216 g/mol. The number of carbonyl (C=O) groups excluding carboxylic acids is 1. The molecule has 0 atom stereocenters. The van der Waals surface area contributed by atoms with Gasteiger partial charge in [-0.1, -0.05) is 20.8 Å². The number of H-pyrrole nitrogens is 1. The first kappa shape index (κ1) is 13.7. The molecule has 0 fully saturated rings. The fourth-order valence-corrected chi connectivity index (χ4v) is 1.38. The highest BCUT2D eigenvalue weighted by molar-refractivity contribution is 5.92. The van der Waals surface area contributed by atoms with Gasteiger partial charge in [-0.25, -0.2) is 0 Å². The van der Waals surface area contributed by atoms with Gasteiger partial charge in [0.2, 0.25) is 0 Å². The number of aromatic nitrogens is 2. The second-order valence-corrected chi connectivity index (χ2v) is 5.17. The molecule has 1 aromatic heterocycles. The summed E-state index contributed by atoms with van der Waals surface area (Å²) in [7, 11) is 0. The van der Waals surface area contributed by atoms with Crippen LogP contribution in [0.1, 0.15) is 49.8 Å². The van der Waals surface area contributed by atoms with Crippen LogP contribution in [0.25, 0.3) is 0 Å². The van der Waals surface area contributed by atoms with Crippen LogP contribution >= 0.6 is 0 Å². The van der Waals surface area contributed by atoms with E-state index in [0.717, 1.165) is 18.5 Å². The van der Waals surface area contributed by atoms with Crippen molar-refractivity contribution in [1.29, 1.82) is 0 Å². The van der Waals surface area contributed by atoms with Gasteiger partial charge in [-0.2, -0.15) is 5.10 Å². The largest absolute Gasteiger partial charge is 0.351 e. The zero-order valence-electron chi connectivity index (χ0n) is 10.8. The summed E-state index contributed by atoms with van der Waals surface area (Å²) in [5.41, 5.74) is 6.76. The van der Waals surface area contributed by atoms with Crippen LogP contribution in [0.15, 0.2) is 6.07 Å². The first-order chi connectivity index (χ1) is 7.95. The number of rotatable bonds is 5. The summed E-state index contributed by atoms with van der Waals surface area (Å²) in [6, 6.07) is 1.80. The normalized spacial score (nSPS) is 11.5. The summed E-state index contributed by atoms with van der Waals surface area (Å²) >= 11 is 0. The third-order valence-corrected chi connectivity index (χ3v) is 2.53. The first-order valence-electron chi connectivity index (χ1n) is 5.99. The minimum atomic E-state index is -0.131. The van der Waals surface area contributed by atoms with Gasteiger partial charge < -0.3 is 11.1 Å². The average Bonchev–Trinajstić information content (AvgIpc) is 2.72. The van der Waals surface area contributed by atoms with Crippen LogP contribution in [-0.4, -0.2) is 29.2 Å². The summed E-state index contributed by atoms with van der Waals surface area (Å²) < 4.78 is 0. The molecular formula is C12H22N4O. The lowest BCUT2D eigenvalue weighted by molar-refractivity contribution is 0.0948. The van der Waals surface area contributed by atoms with E-state index in [9.17, 15) is 4.79 Å². The molecule has 0 aliphatic heterocycles. The summed E-state index contributed by atoms with van der Waals surface area (Å²) in [5, 5.41) is 9.74. The zero-order chi connectivity index (χ0) is 12.9. The van der Waals surface area contributed by atoms with Crippen molar-refractivity contribution in [2.24, 2.45) is 5.73 Å². The third-order valence-electron chi connectivity index (χ3n) is 2.53. The fourth-order valence-electron chi connectivity index (χ4n) is 1.38. The fraction of sp³-hybridized carbons (Fsp3) is 0.667. The molecule has 0 radical (unpaired) electrons. The molecule has 1 heterocycles. The number of amides is 1. The monoisotopic (exact) mass is 238 g/mol. The van der Waals surface area contributed by atoms with Gasteiger partial charge >= 0.3 is 0 Å². The lowest BCUT2D eigenvalue weighted by Gasteiger charge is -2.14. The van der Waals surface area contributed by atoms with Crippen LogP contribution in [0.5, 0.6) is 0 Å². The van der Waals surface area contributed by atoms with Crippen molar-refractivity contribution in [3.63, 3.8) is 0 Å². The number of nitrogens with zero attached hydrogens (tertiary/aromatic N) is 1. The maximum absolute atomic E-state index is 11.7. The van der Waals surface area contributed by atoms with Crippen LogP contribution in [0.4, 0.5) is 0 Å². The predicted octanol–water partition coefficient (Wildman–Crippen LogP) is 1.18. The van der Waals surface area contributed by atoms with Crippen molar-refractivity contribution in [2.45, 2.75) is 39.0 Å². The van der Waals surface area contributed by atoms with Gasteiger partial charge in [0.25, 0.3) is 5.91 Å². The van der Waals surface area contributed by atoms with Gasteiger partial charge in [0, 0.05) is 17.7 Å². The van der Waals surface area contributed by atoms with E-state index < -0.39 is 0 Å². The predicted molar refractivity (Wildman–Crippen MR) is 67.9 cm³/mol. The molecule has 4 N–H and O–H groups in total. The number of unbranched alkanes of at least 4 members (excludes halogenated alkanes) is 1. The summed E-state index contributed by atoms with van der Waals surface area (Å²) in [6.45, 7) is 7.52. The van der Waals surface area contributed by atoms with Crippen LogP contribution in [-0.2, 0) is 5.41 Å². The molecule has 0 aliphatic carbocycles. The maximum atomic E-state index is 11.7. The highest BCUT2D eigenvalue weighted by Gasteiger charge is 2.18. The summed E-state index contributed by atoms with van der Waals surface area (Å²) in [6.07, 6.45) is 1.83. The molecule has 1 rings (SSSR count). The molecule has 0 spiro atoms. The lowest BCUT2D eigenvalue weighted by atomic mass is 9.92. The molecule has 5 heteroatoms. The minimum absolute atomic E-state index is 0.0227. The standard InChI is InChI=1S/C12H22N4O/c1-12(2,3)10-8-9(15-16-10)11(17)14-7-5-4-6-13/h8H,4-7,13H2,1-3H3,(H,14,17)(H,15,16). The van der Waals surface area contributed by atoms with E-state index in [1.807, 2.05) is 0 Å². The van der Waals surface area contributed by atoms with Crippen molar-refractivity contribution < 1.29 is 4.79 Å². The third kappa shape index (κ3) is 4.19. The molecule has 0 aliphatic rings. The van der Waals surface area contributed by atoms with Crippen molar-refractivity contribution in [1.82, 2.24) is 15.5 Å². The quantitative estimate of drug-likeness (QED) is 0.673. The molecule has 0 unspecified atom stereocenters. The second kappa shape index (κ2) is 5.82. The van der Waals surface area contributed by atoms with E-state index in [4.69, 9.17) is 5.73 Å². The number of hydrogen-bond acceptors (Lipinski definition) is 3. The average molecular weight is 238 g/mol. The van der Waals surface area contributed by atoms with E-state index in [1.54, 1.807) is 6.07 Å². The highest BCUT2D eigenvalue weighted by atomic mass is 16.1. The van der Waals surface area contributed by atoms with Gasteiger partial charge in [-0.15, -0.1) is 0 Å². The summed E-state index contributed by atoms with van der Waals surface area (Å²) in [5.74, 6) is -0.131. The maximum Gasteiger partial charge on any atom is 0.271 e. The van der Waals surface area contributed by atoms with E-state index in [-0.39, 0.29) is 11.3 Å². The van der Waals surface area contributed by atoms with Crippen LogP contribution < -0.4 is 11.1 Å². The number of nitrogens with two attached hydrogens (primary N) is 1. The number of carbonyl (C=O) groups is 1. The van der Waals surface area contributed by atoms with Gasteiger partial charge in [0.15, 0.2) is 0 Å². The number of hydrogen-bond donors (Lipinski definition) is 3. The van der Waals surface area contributed by atoms with E-state index in [0.29, 0.717) is 18.8 Å². The highest BCUT2D eigenvalue weighted by Crippen LogP contribution is 2.20. The number of nitrogens with one attached hydrogen (secondary N) is 2. The molecule has 17 heavy (non-hydrogen) atoms. The lowest BCUT2D eigenvalue weighted by Crippen LogP contribution is -2.25. The van der Waals surface area contributed by atoms with Gasteiger partial charge in [0.1, 0.15) is 5.69 Å². The van der Waals surface area contributed by atoms with E-state index in [1.165, 1.54) is 0 Å². The summed E-state index contributed by atoms with van der Waals surface area (Å²) in [4.78, 5) is 11.7. The Hall–Kier alpha value is -1.36. The number of aromatic amines is 1. The molecule has 1 amide bonds. The van der Waals surface area contributed by atoms with Gasteiger partial charge in [-0.3, -0.25) is 9.89 Å². The second-order valence-electron chi connectivity index (χ2n) is 5.17. The topological polar surface area (TPSA) is 83.8 Å². The van der Waals surface area contributed by atoms with E-state index >= 15 is 0 Å². The Balaban J connectivity index is 2.50. The Bertz CT molecular complexity index is 365. The minimum Gasteiger partial charge on any atom is -0.351 e. The molecule has 0 saturated heterocycles. The first-order valence-corrected chi connectivity index (χ1v) is 5.99. The van der Waals surface area contributed by atoms with E-state index in [2.05, 4.69) is 36.3 Å². The van der Waals surface area contributed by atoms with Gasteiger partial charge in [-0.05, 0) is 25.5 Å². The Morgan fingerprint density at radius 3 is 2.71 bits per heavy atom. The molecule has 0 aromatic carbocycles. The Morgan fingerprint density at radius 2 is 2.18 bits per heavy atom. The Kier molecular flexibility index (Phi) is 4.69. The van der Waals surface area contributed by atoms with Crippen LogP contribution in [0, 0.1) is 0 Å². The van der Waals surface area contributed by atoms with Crippen molar-refractivity contribution in [3.8, 4) is 0 Å². The smallest absolute Gasteiger partial charge is 0.271 e. The van der Waals surface area contributed by atoms with Crippen molar-refractivity contribution >= 4 is 5.91 Å².